The molecule has 0 aliphatic carbocycles. The Kier molecular flexibility index (Phi) is 17.1. The number of rotatable bonds is 12. The Morgan fingerprint density at radius 2 is 1.97 bits per heavy atom. The molecule has 0 aromatic carbocycles. The molecule has 0 aliphatic rings. The van der Waals surface area contributed by atoms with Gasteiger partial charge < -0.3 is 22.1 Å². The van der Waals surface area contributed by atoms with E-state index in [1.165, 1.54) is 38.4 Å². The number of unbranched alkanes of at least 4 members (excludes halogenated alkanes) is 3. The highest BCUT2D eigenvalue weighted by Gasteiger charge is 2.13. The van der Waals surface area contributed by atoms with Gasteiger partial charge in [-0.2, -0.15) is 15.1 Å². The zero-order valence-corrected chi connectivity index (χ0v) is 20.2. The molecular formula is C17H34N10O2S2. The van der Waals surface area contributed by atoms with Gasteiger partial charge >= 0.3 is 6.03 Å². The van der Waals surface area contributed by atoms with Crippen LogP contribution in [0.25, 0.3) is 0 Å². The van der Waals surface area contributed by atoms with Crippen LogP contribution in [0, 0.1) is 0 Å². The lowest BCUT2D eigenvalue weighted by Gasteiger charge is -2.07. The lowest BCUT2D eigenvalue weighted by Crippen LogP contribution is -2.31. The number of carbonyl (C=O) groups is 2. The molecule has 0 unspecified atom stereocenters. The van der Waals surface area contributed by atoms with Crippen molar-refractivity contribution in [2.75, 3.05) is 32.9 Å². The number of nitrogens with zero attached hydrogens (tertiary/aromatic N) is 6. The maximum atomic E-state index is 11.9. The molecule has 14 heteroatoms. The number of carbonyl (C=O) groups excluding carboxylic acids is 2. The van der Waals surface area contributed by atoms with Gasteiger partial charge in [-0.3, -0.25) is 9.79 Å². The van der Waals surface area contributed by atoms with Crippen LogP contribution in [0.4, 0.5) is 10.7 Å². The van der Waals surface area contributed by atoms with Crippen LogP contribution in [-0.4, -0.2) is 70.9 Å². The van der Waals surface area contributed by atoms with E-state index in [1.807, 2.05) is 14.0 Å². The summed E-state index contributed by atoms with van der Waals surface area (Å²) in [5, 5.41) is 14.7. The molecule has 6 N–H and O–H groups in total. The minimum absolute atomic E-state index is 0.0130. The van der Waals surface area contributed by atoms with Gasteiger partial charge in [0.2, 0.25) is 23.5 Å². The summed E-state index contributed by atoms with van der Waals surface area (Å²) in [6.07, 6.45) is 6.27. The van der Waals surface area contributed by atoms with Gasteiger partial charge in [0, 0.05) is 13.6 Å². The van der Waals surface area contributed by atoms with Gasteiger partial charge in [-0.15, -0.1) is 9.78 Å². The molecule has 0 fully saturated rings. The third-order valence-electron chi connectivity index (χ3n) is 3.54. The summed E-state index contributed by atoms with van der Waals surface area (Å²) in [7, 11) is 5.67. The summed E-state index contributed by atoms with van der Waals surface area (Å²) >= 11 is 0. The van der Waals surface area contributed by atoms with E-state index in [4.69, 9.17) is 11.5 Å². The minimum Gasteiger partial charge on any atom is -0.368 e. The van der Waals surface area contributed by atoms with Gasteiger partial charge in [0.1, 0.15) is 0 Å². The fourth-order valence-corrected chi connectivity index (χ4v) is 3.09. The monoisotopic (exact) mass is 474 g/mol. The molecule has 0 radical (unpaired) electrons. The van der Waals surface area contributed by atoms with E-state index < -0.39 is 6.03 Å². The first-order chi connectivity index (χ1) is 14.9. The molecule has 1 rings (SSSR count). The summed E-state index contributed by atoms with van der Waals surface area (Å²) in [5.41, 5.74) is 12.5. The molecule has 0 atom stereocenters. The molecule has 0 bridgehead atoms. The SMILES string of the molecule is CCCCCNC.CCCCNC(=O)n1nc(SS/C=N/N(C=O)C(N)=NC)nc1N. The number of aromatic nitrogens is 3. The van der Waals surface area contributed by atoms with E-state index >= 15 is 0 Å². The van der Waals surface area contributed by atoms with Crippen LogP contribution >= 0.6 is 21.6 Å². The van der Waals surface area contributed by atoms with E-state index in [-0.39, 0.29) is 17.1 Å². The summed E-state index contributed by atoms with van der Waals surface area (Å²) < 4.78 is 0.995. The Labute approximate surface area is 191 Å². The Bertz CT molecular complexity index is 692. The predicted molar refractivity (Wildman–Crippen MR) is 129 cm³/mol. The number of anilines is 1. The zero-order chi connectivity index (χ0) is 23.5. The van der Waals surface area contributed by atoms with Gasteiger partial charge in [-0.05, 0) is 48.0 Å². The van der Waals surface area contributed by atoms with Gasteiger partial charge in [0.25, 0.3) is 0 Å². The highest BCUT2D eigenvalue weighted by molar-refractivity contribution is 8.81. The number of hydrogen-bond acceptors (Lipinski definition) is 10. The third kappa shape index (κ3) is 12.9. The molecule has 1 aromatic rings. The topological polar surface area (TPSA) is 169 Å². The number of guanidine groups is 1. The van der Waals surface area contributed by atoms with E-state index in [9.17, 15) is 9.59 Å². The molecule has 0 spiro atoms. The van der Waals surface area contributed by atoms with Crippen LogP contribution in [0.5, 0.6) is 0 Å². The number of aliphatic imine (C=N–C) groups is 1. The molecule has 1 aromatic heterocycles. The van der Waals surface area contributed by atoms with Gasteiger partial charge in [-0.25, -0.2) is 4.79 Å². The van der Waals surface area contributed by atoms with E-state index in [0.29, 0.717) is 13.0 Å². The molecule has 31 heavy (non-hydrogen) atoms. The highest BCUT2D eigenvalue weighted by Crippen LogP contribution is 2.26. The number of nitrogens with one attached hydrogen (secondary N) is 2. The second-order valence-electron chi connectivity index (χ2n) is 5.99. The Hall–Kier alpha value is -2.32. The van der Waals surface area contributed by atoms with E-state index in [1.54, 1.807) is 0 Å². The van der Waals surface area contributed by atoms with E-state index in [0.717, 1.165) is 44.1 Å². The van der Waals surface area contributed by atoms with Gasteiger partial charge in [-0.1, -0.05) is 33.1 Å². The smallest absolute Gasteiger partial charge is 0.345 e. The number of nitrogens with two attached hydrogens (primary N) is 2. The fraction of sp³-hybridized carbons (Fsp3) is 0.647. The first-order valence-corrected chi connectivity index (χ1v) is 12.1. The summed E-state index contributed by atoms with van der Waals surface area (Å²) in [6.45, 7) is 5.96. The van der Waals surface area contributed by atoms with Crippen LogP contribution in [0.2, 0.25) is 0 Å². The van der Waals surface area contributed by atoms with Crippen molar-refractivity contribution in [1.29, 1.82) is 0 Å². The zero-order valence-electron chi connectivity index (χ0n) is 18.6. The van der Waals surface area contributed by atoms with Crippen LogP contribution in [0.1, 0.15) is 46.0 Å². The van der Waals surface area contributed by atoms with Crippen molar-refractivity contribution in [3.05, 3.63) is 0 Å². The molecule has 1 heterocycles. The normalized spacial score (nSPS) is 11.2. The van der Waals surface area contributed by atoms with Crippen molar-refractivity contribution in [2.45, 2.75) is 51.1 Å². The molecule has 0 saturated heterocycles. The van der Waals surface area contributed by atoms with Crippen molar-refractivity contribution >= 4 is 51.5 Å². The Balaban J connectivity index is 0.00000110. The highest BCUT2D eigenvalue weighted by atomic mass is 33.1. The fourth-order valence-electron chi connectivity index (χ4n) is 1.87. The average molecular weight is 475 g/mol. The molecule has 2 amide bonds. The number of hydrazone groups is 1. The summed E-state index contributed by atoms with van der Waals surface area (Å²) in [5.74, 6) is -0.0526. The molecular weight excluding hydrogens is 440 g/mol. The van der Waals surface area contributed by atoms with Gasteiger partial charge in [0.05, 0.1) is 5.55 Å². The first-order valence-electron chi connectivity index (χ1n) is 9.92. The summed E-state index contributed by atoms with van der Waals surface area (Å²) in [6, 6.07) is -0.432. The van der Waals surface area contributed by atoms with Crippen molar-refractivity contribution in [2.24, 2.45) is 15.8 Å². The van der Waals surface area contributed by atoms with Crippen molar-refractivity contribution in [3.8, 4) is 0 Å². The second kappa shape index (κ2) is 18.4. The Morgan fingerprint density at radius 3 is 2.55 bits per heavy atom. The van der Waals surface area contributed by atoms with Crippen LogP contribution in [0.15, 0.2) is 15.3 Å². The van der Waals surface area contributed by atoms with Crippen LogP contribution < -0.4 is 22.1 Å². The van der Waals surface area contributed by atoms with Crippen LogP contribution in [0.3, 0.4) is 0 Å². The number of nitrogen functional groups attached to an aromatic ring is 1. The molecule has 12 nitrogen and oxygen atoms in total. The standard InChI is InChI=1S/C11H19N9O2S2.C6H15N/c1-3-4-5-15-11(22)20-9(13)17-10(18-20)24-23-6-16-19(7-21)8(12)14-2;1-3-4-5-6-7-2/h6-7H,3-5H2,1-2H3,(H2,12,14)(H,15,22)(H2,13,17,18);7H,3-6H2,1-2H3/b16-6+;. The third-order valence-corrected chi connectivity index (χ3v) is 5.14. The second-order valence-corrected chi connectivity index (χ2v) is 8.01. The summed E-state index contributed by atoms with van der Waals surface area (Å²) in [4.78, 5) is 30.2. The van der Waals surface area contributed by atoms with Gasteiger partial charge in [0.15, 0.2) is 0 Å². The maximum absolute atomic E-state index is 11.9. The van der Waals surface area contributed by atoms with Crippen LogP contribution in [-0.2, 0) is 4.79 Å². The van der Waals surface area contributed by atoms with Crippen molar-refractivity contribution in [3.63, 3.8) is 0 Å². The minimum atomic E-state index is -0.432. The number of amides is 2. The average Bonchev–Trinajstić information content (AvgIpc) is 3.14. The van der Waals surface area contributed by atoms with Crippen molar-refractivity contribution in [1.82, 2.24) is 30.4 Å². The predicted octanol–water partition coefficient (Wildman–Crippen LogP) is 1.70. The number of hydrogen-bond donors (Lipinski definition) is 4. The first kappa shape index (κ1) is 28.7. The lowest BCUT2D eigenvalue weighted by atomic mass is 10.2. The quantitative estimate of drug-likeness (QED) is 0.0879. The van der Waals surface area contributed by atoms with Crippen molar-refractivity contribution < 1.29 is 9.59 Å². The van der Waals surface area contributed by atoms with E-state index in [2.05, 4.69) is 37.7 Å². The maximum Gasteiger partial charge on any atom is 0.345 e. The molecule has 176 valence electrons. The molecule has 0 saturated carbocycles. The molecule has 0 aliphatic heterocycles. The Morgan fingerprint density at radius 1 is 1.26 bits per heavy atom. The largest absolute Gasteiger partial charge is 0.368 e. The lowest BCUT2D eigenvalue weighted by molar-refractivity contribution is -0.114.